The van der Waals surface area contributed by atoms with E-state index in [-0.39, 0.29) is 12.0 Å². The molecule has 0 aromatic carbocycles. The van der Waals surface area contributed by atoms with Crippen LogP contribution in [-0.2, 0) is 9.53 Å². The third-order valence-electron chi connectivity index (χ3n) is 2.29. The Morgan fingerprint density at radius 3 is 3.00 bits per heavy atom. The fourth-order valence-corrected chi connectivity index (χ4v) is 1.52. The number of methoxy groups -OCH3 is 1. The highest BCUT2D eigenvalue weighted by molar-refractivity contribution is 5.69. The Hall–Kier alpha value is -0.610. The molecule has 2 atom stereocenters. The van der Waals surface area contributed by atoms with Crippen molar-refractivity contribution >= 4 is 5.97 Å². The first-order valence-corrected chi connectivity index (χ1v) is 4.26. The maximum atomic E-state index is 10.9. The average molecular weight is 172 g/mol. The lowest BCUT2D eigenvalue weighted by Crippen LogP contribution is -2.25. The predicted octanol–water partition coefficient (Wildman–Crippen LogP) is -0.514. The predicted molar refractivity (Wildman–Crippen MR) is 45.6 cm³/mol. The molecule has 0 saturated carbocycles. The topological polar surface area (TPSA) is 64.3 Å². The van der Waals surface area contributed by atoms with Crippen LogP contribution in [0.5, 0.6) is 0 Å². The summed E-state index contributed by atoms with van der Waals surface area (Å²) in [6.07, 6.45) is 1.46. The molecule has 3 N–H and O–H groups in total. The van der Waals surface area contributed by atoms with E-state index in [1.165, 1.54) is 7.11 Å². The van der Waals surface area contributed by atoms with Gasteiger partial charge in [0.1, 0.15) is 0 Å². The van der Waals surface area contributed by atoms with Crippen LogP contribution >= 0.6 is 0 Å². The molecule has 1 rings (SSSR count). The van der Waals surface area contributed by atoms with Gasteiger partial charge in [-0.15, -0.1) is 0 Å². The third-order valence-corrected chi connectivity index (χ3v) is 2.29. The molecule has 0 aromatic rings. The largest absolute Gasteiger partial charge is 0.469 e. The number of hydrogen-bond donors (Lipinski definition) is 2. The Bertz CT molecular complexity index is 161. The van der Waals surface area contributed by atoms with Crippen molar-refractivity contribution in [3.05, 3.63) is 0 Å². The zero-order valence-corrected chi connectivity index (χ0v) is 7.38. The second-order valence-corrected chi connectivity index (χ2v) is 3.22. The minimum absolute atomic E-state index is 0.148. The molecule has 70 valence electrons. The van der Waals surface area contributed by atoms with Crippen molar-refractivity contribution < 1.29 is 9.53 Å². The van der Waals surface area contributed by atoms with Gasteiger partial charge in [0, 0.05) is 6.04 Å². The van der Waals surface area contributed by atoms with Gasteiger partial charge in [0.25, 0.3) is 0 Å². The number of carbonyl (C=O) groups excluding carboxylic acids is 1. The lowest BCUT2D eigenvalue weighted by molar-refractivity contribution is -0.141. The van der Waals surface area contributed by atoms with Crippen LogP contribution in [0.2, 0.25) is 0 Å². The number of esters is 1. The Morgan fingerprint density at radius 1 is 1.75 bits per heavy atom. The first kappa shape index (κ1) is 9.48. The van der Waals surface area contributed by atoms with Crippen molar-refractivity contribution in [1.29, 1.82) is 0 Å². The van der Waals surface area contributed by atoms with E-state index < -0.39 is 0 Å². The van der Waals surface area contributed by atoms with E-state index in [0.717, 1.165) is 13.0 Å². The molecule has 1 heterocycles. The summed E-state index contributed by atoms with van der Waals surface area (Å²) in [4.78, 5) is 10.9. The summed E-state index contributed by atoms with van der Waals surface area (Å²) in [6, 6.07) is 0.269. The average Bonchev–Trinajstić information content (AvgIpc) is 2.52. The molecule has 0 aliphatic carbocycles. The minimum atomic E-state index is -0.148. The van der Waals surface area contributed by atoms with Crippen LogP contribution in [0.1, 0.15) is 12.8 Å². The normalized spacial score (nSPS) is 28.8. The van der Waals surface area contributed by atoms with E-state index >= 15 is 0 Å². The van der Waals surface area contributed by atoms with E-state index in [2.05, 4.69) is 10.1 Å². The Balaban J connectivity index is 2.23. The minimum Gasteiger partial charge on any atom is -0.469 e. The highest BCUT2D eigenvalue weighted by atomic mass is 16.5. The molecule has 2 unspecified atom stereocenters. The Morgan fingerprint density at radius 2 is 2.50 bits per heavy atom. The van der Waals surface area contributed by atoms with Crippen LogP contribution < -0.4 is 11.1 Å². The van der Waals surface area contributed by atoms with Crippen molar-refractivity contribution in [2.75, 3.05) is 20.2 Å². The zero-order chi connectivity index (χ0) is 8.97. The lowest BCUT2D eigenvalue weighted by atomic mass is 10.0. The molecule has 1 fully saturated rings. The van der Waals surface area contributed by atoms with E-state index in [4.69, 9.17) is 5.73 Å². The molecule has 1 aliphatic rings. The van der Waals surface area contributed by atoms with Gasteiger partial charge in [-0.2, -0.15) is 0 Å². The van der Waals surface area contributed by atoms with Gasteiger partial charge in [-0.25, -0.2) is 0 Å². The second kappa shape index (κ2) is 4.42. The number of nitrogens with one attached hydrogen (secondary N) is 1. The number of nitrogens with two attached hydrogens (primary N) is 1. The molecular formula is C8H16N2O2. The van der Waals surface area contributed by atoms with Gasteiger partial charge in [-0.1, -0.05) is 0 Å². The molecular weight excluding hydrogens is 156 g/mol. The van der Waals surface area contributed by atoms with Crippen molar-refractivity contribution in [2.45, 2.75) is 18.9 Å². The van der Waals surface area contributed by atoms with Gasteiger partial charge in [-0.05, 0) is 25.4 Å². The van der Waals surface area contributed by atoms with Crippen LogP contribution in [0.15, 0.2) is 0 Å². The van der Waals surface area contributed by atoms with Crippen molar-refractivity contribution in [3.8, 4) is 0 Å². The van der Waals surface area contributed by atoms with Gasteiger partial charge in [0.05, 0.1) is 13.5 Å². The fraction of sp³-hybridized carbons (Fsp3) is 0.875. The standard InChI is InChI=1S/C8H16N2O2/c1-12-8(11)3-7-2-6(4-9)5-10-7/h6-7,10H,2-5,9H2,1H3. The maximum Gasteiger partial charge on any atom is 0.307 e. The summed E-state index contributed by atoms with van der Waals surface area (Å²) in [5.41, 5.74) is 5.50. The van der Waals surface area contributed by atoms with E-state index in [1.807, 2.05) is 0 Å². The number of carbonyl (C=O) groups is 1. The monoisotopic (exact) mass is 172 g/mol. The molecule has 1 saturated heterocycles. The summed E-state index contributed by atoms with van der Waals surface area (Å²) in [5.74, 6) is 0.379. The van der Waals surface area contributed by atoms with Gasteiger partial charge < -0.3 is 15.8 Å². The summed E-state index contributed by atoms with van der Waals surface area (Å²) in [5, 5.41) is 3.24. The van der Waals surface area contributed by atoms with Crippen molar-refractivity contribution in [3.63, 3.8) is 0 Å². The highest BCUT2D eigenvalue weighted by Crippen LogP contribution is 2.15. The van der Waals surface area contributed by atoms with E-state index in [0.29, 0.717) is 18.9 Å². The molecule has 0 radical (unpaired) electrons. The molecule has 0 bridgehead atoms. The van der Waals surface area contributed by atoms with Crippen LogP contribution in [0.3, 0.4) is 0 Å². The van der Waals surface area contributed by atoms with Crippen molar-refractivity contribution in [1.82, 2.24) is 5.32 Å². The van der Waals surface area contributed by atoms with E-state index in [9.17, 15) is 4.79 Å². The first-order chi connectivity index (χ1) is 5.76. The van der Waals surface area contributed by atoms with Gasteiger partial charge in [-0.3, -0.25) is 4.79 Å². The zero-order valence-electron chi connectivity index (χ0n) is 7.38. The maximum absolute atomic E-state index is 10.9. The number of rotatable bonds is 3. The van der Waals surface area contributed by atoms with Crippen molar-refractivity contribution in [2.24, 2.45) is 11.7 Å². The van der Waals surface area contributed by atoms with Crippen LogP contribution in [-0.4, -0.2) is 32.2 Å². The van der Waals surface area contributed by atoms with Crippen LogP contribution in [0.25, 0.3) is 0 Å². The SMILES string of the molecule is COC(=O)CC1CC(CN)CN1. The van der Waals surface area contributed by atoms with Gasteiger partial charge in [0.2, 0.25) is 0 Å². The molecule has 12 heavy (non-hydrogen) atoms. The number of hydrogen-bond acceptors (Lipinski definition) is 4. The second-order valence-electron chi connectivity index (χ2n) is 3.22. The fourth-order valence-electron chi connectivity index (χ4n) is 1.52. The molecule has 1 aliphatic heterocycles. The summed E-state index contributed by atoms with van der Waals surface area (Å²) < 4.78 is 4.57. The Kier molecular flexibility index (Phi) is 3.49. The summed E-state index contributed by atoms with van der Waals surface area (Å²) >= 11 is 0. The quantitative estimate of drug-likeness (QED) is 0.563. The van der Waals surface area contributed by atoms with E-state index in [1.54, 1.807) is 0 Å². The smallest absolute Gasteiger partial charge is 0.307 e. The molecule has 4 nitrogen and oxygen atoms in total. The molecule has 0 amide bonds. The molecule has 0 spiro atoms. The molecule has 4 heteroatoms. The third kappa shape index (κ3) is 2.46. The summed E-state index contributed by atoms with van der Waals surface area (Å²) in [6.45, 7) is 1.63. The number of ether oxygens (including phenoxy) is 1. The van der Waals surface area contributed by atoms with Gasteiger partial charge >= 0.3 is 5.97 Å². The van der Waals surface area contributed by atoms with Crippen LogP contribution in [0, 0.1) is 5.92 Å². The van der Waals surface area contributed by atoms with Gasteiger partial charge in [0.15, 0.2) is 0 Å². The first-order valence-electron chi connectivity index (χ1n) is 4.26. The summed E-state index contributed by atoms with van der Waals surface area (Å²) in [7, 11) is 1.41. The van der Waals surface area contributed by atoms with Crippen LogP contribution in [0.4, 0.5) is 0 Å². The Labute approximate surface area is 72.5 Å². The molecule has 0 aromatic heterocycles. The highest BCUT2D eigenvalue weighted by Gasteiger charge is 2.24. The lowest BCUT2D eigenvalue weighted by Gasteiger charge is -2.07.